The van der Waals surface area contributed by atoms with Gasteiger partial charge in [0.25, 0.3) is 0 Å². The number of halogens is 2. The number of allylic oxidation sites excluding steroid dienone is 2. The molecule has 1 aliphatic rings. The lowest BCUT2D eigenvalue weighted by Gasteiger charge is -2.37. The first-order chi connectivity index (χ1) is 18.8. The van der Waals surface area contributed by atoms with Crippen molar-refractivity contribution in [2.75, 3.05) is 24.0 Å². The van der Waals surface area contributed by atoms with E-state index in [-0.39, 0.29) is 18.0 Å². The lowest BCUT2D eigenvalue weighted by molar-refractivity contribution is 0.251. The Labute approximate surface area is 223 Å². The maximum absolute atomic E-state index is 15.5. The Hall–Kier alpha value is -4.86. The minimum absolute atomic E-state index is 0.161. The van der Waals surface area contributed by atoms with E-state index in [9.17, 15) is 4.79 Å². The Kier molecular flexibility index (Phi) is 6.69. The van der Waals surface area contributed by atoms with Gasteiger partial charge in [-0.3, -0.25) is 19.8 Å². The van der Waals surface area contributed by atoms with Gasteiger partial charge in [0.15, 0.2) is 23.1 Å². The van der Waals surface area contributed by atoms with Crippen molar-refractivity contribution in [2.24, 2.45) is 0 Å². The third-order valence-corrected chi connectivity index (χ3v) is 6.62. The van der Waals surface area contributed by atoms with Crippen LogP contribution in [0.25, 0.3) is 16.3 Å². The van der Waals surface area contributed by atoms with Crippen LogP contribution in [-0.2, 0) is 6.54 Å². The Balaban J connectivity index is 1.75. The van der Waals surface area contributed by atoms with E-state index in [4.69, 9.17) is 14.9 Å². The van der Waals surface area contributed by atoms with E-state index in [0.29, 0.717) is 33.9 Å². The number of pyridine rings is 2. The number of carbonyl (C=O) groups excluding carboxylic acids is 1. The highest BCUT2D eigenvalue weighted by Crippen LogP contribution is 2.43. The van der Waals surface area contributed by atoms with Gasteiger partial charge in [0.1, 0.15) is 5.69 Å². The fourth-order valence-electron chi connectivity index (χ4n) is 4.71. The molecule has 1 aliphatic heterocycles. The molecule has 2 amide bonds. The summed E-state index contributed by atoms with van der Waals surface area (Å²) in [5.74, 6) is -2.60. The van der Waals surface area contributed by atoms with Crippen molar-refractivity contribution < 1.29 is 23.0 Å². The van der Waals surface area contributed by atoms with Gasteiger partial charge in [0.05, 0.1) is 37.8 Å². The second-order valence-electron chi connectivity index (χ2n) is 8.89. The van der Waals surface area contributed by atoms with E-state index in [1.54, 1.807) is 56.7 Å². The first-order valence-electron chi connectivity index (χ1n) is 12.1. The van der Waals surface area contributed by atoms with Crippen LogP contribution >= 0.6 is 0 Å². The minimum Gasteiger partial charge on any atom is -0.493 e. The van der Waals surface area contributed by atoms with Gasteiger partial charge in [0, 0.05) is 46.9 Å². The molecule has 3 heterocycles. The summed E-state index contributed by atoms with van der Waals surface area (Å²) in [6.07, 6.45) is 6.67. The second kappa shape index (κ2) is 10.1. The van der Waals surface area contributed by atoms with Crippen molar-refractivity contribution in [3.8, 4) is 11.5 Å². The lowest BCUT2D eigenvalue weighted by Crippen LogP contribution is -2.46. The summed E-state index contributed by atoms with van der Waals surface area (Å²) in [5, 5.41) is 9.82. The number of fused-ring (bicyclic) bond motifs is 2. The number of ether oxygens (including phenoxy) is 2. The van der Waals surface area contributed by atoms with Crippen LogP contribution in [0.15, 0.2) is 61.1 Å². The van der Waals surface area contributed by atoms with E-state index in [0.717, 1.165) is 21.7 Å². The lowest BCUT2D eigenvalue weighted by atomic mass is 10.0. The number of urea groups is 1. The molecule has 0 radical (unpaired) electrons. The van der Waals surface area contributed by atoms with Crippen molar-refractivity contribution in [3.63, 3.8) is 0 Å². The van der Waals surface area contributed by atoms with Crippen LogP contribution in [0.4, 0.5) is 30.6 Å². The van der Waals surface area contributed by atoms with Gasteiger partial charge in [0.2, 0.25) is 0 Å². The quantitative estimate of drug-likeness (QED) is 0.283. The Morgan fingerprint density at radius 2 is 1.74 bits per heavy atom. The molecular formula is C29H25F2N5O3. The first kappa shape index (κ1) is 25.8. The Bertz CT molecular complexity index is 1640. The molecule has 2 aromatic carbocycles. The van der Waals surface area contributed by atoms with E-state index in [1.165, 1.54) is 19.1 Å². The smallest absolute Gasteiger partial charge is 0.334 e. The standard InChI is InChI=1S/C29H25F2N5O3/c1-5-21(16(2)32)22-11-23-19(14-34-22)15-35(28-26(30)24(38-3)12-25(39-4)27(28)31)29(37)36(23)20-7-6-17-8-9-33-13-18(17)10-20/h5-14,32H,15H2,1-4H3/b21-5+,32-16?. The van der Waals surface area contributed by atoms with Gasteiger partial charge in [-0.05, 0) is 43.5 Å². The van der Waals surface area contributed by atoms with E-state index < -0.39 is 23.4 Å². The van der Waals surface area contributed by atoms with Crippen molar-refractivity contribution in [1.29, 1.82) is 5.41 Å². The minimum atomic E-state index is -1.03. The molecular weight excluding hydrogens is 504 g/mol. The van der Waals surface area contributed by atoms with Gasteiger partial charge in [-0.2, -0.15) is 0 Å². The number of rotatable bonds is 6. The van der Waals surface area contributed by atoms with Gasteiger partial charge >= 0.3 is 6.03 Å². The summed E-state index contributed by atoms with van der Waals surface area (Å²) >= 11 is 0. The van der Waals surface area contributed by atoms with Crippen LogP contribution < -0.4 is 19.3 Å². The summed E-state index contributed by atoms with van der Waals surface area (Å²) in [5.41, 5.74) is 2.31. The van der Waals surface area contributed by atoms with Crippen LogP contribution in [0.1, 0.15) is 25.1 Å². The van der Waals surface area contributed by atoms with E-state index in [1.807, 2.05) is 12.1 Å². The van der Waals surface area contributed by atoms with Gasteiger partial charge < -0.3 is 14.9 Å². The third-order valence-electron chi connectivity index (χ3n) is 6.62. The molecule has 1 N–H and O–H groups in total. The number of nitrogens with zero attached hydrogens (tertiary/aromatic N) is 4. The largest absolute Gasteiger partial charge is 0.493 e. The molecule has 0 unspecified atom stereocenters. The molecule has 0 atom stereocenters. The number of amides is 2. The fraction of sp³-hybridized carbons (Fsp3) is 0.172. The molecule has 0 fully saturated rings. The summed E-state index contributed by atoms with van der Waals surface area (Å²) in [6, 6.07) is 9.34. The zero-order valence-electron chi connectivity index (χ0n) is 21.8. The normalized spacial score (nSPS) is 13.5. The van der Waals surface area contributed by atoms with Gasteiger partial charge in [-0.15, -0.1) is 0 Å². The Morgan fingerprint density at radius 1 is 1.03 bits per heavy atom. The SMILES string of the molecule is C/C=C(\C(C)=N)c1cc2c(cn1)CN(c1c(F)c(OC)cc(OC)c1F)C(=O)N2c1ccc2ccncc2c1. The topological polar surface area (TPSA) is 91.6 Å². The van der Waals surface area contributed by atoms with Crippen molar-refractivity contribution >= 4 is 45.2 Å². The molecule has 0 saturated carbocycles. The van der Waals surface area contributed by atoms with Crippen molar-refractivity contribution in [2.45, 2.75) is 20.4 Å². The van der Waals surface area contributed by atoms with Gasteiger partial charge in [-0.1, -0.05) is 12.1 Å². The fourth-order valence-corrected chi connectivity index (χ4v) is 4.71. The van der Waals surface area contributed by atoms with Crippen LogP contribution in [0.2, 0.25) is 0 Å². The van der Waals surface area contributed by atoms with Crippen LogP contribution in [0, 0.1) is 17.0 Å². The molecule has 0 spiro atoms. The Morgan fingerprint density at radius 3 is 2.38 bits per heavy atom. The summed E-state index contributed by atoms with van der Waals surface area (Å²) in [6.45, 7) is 3.29. The molecule has 198 valence electrons. The van der Waals surface area contributed by atoms with E-state index in [2.05, 4.69) is 9.97 Å². The number of hydrogen-bond donors (Lipinski definition) is 1. The molecule has 2 aromatic heterocycles. The van der Waals surface area contributed by atoms with E-state index >= 15 is 8.78 Å². The average molecular weight is 530 g/mol. The molecule has 10 heteroatoms. The first-order valence-corrected chi connectivity index (χ1v) is 12.1. The second-order valence-corrected chi connectivity index (χ2v) is 8.89. The number of hydrogen-bond acceptors (Lipinski definition) is 6. The molecule has 0 bridgehead atoms. The molecule has 4 aromatic rings. The highest BCUT2D eigenvalue weighted by molar-refractivity contribution is 6.21. The highest BCUT2D eigenvalue weighted by Gasteiger charge is 2.38. The maximum Gasteiger partial charge on any atom is 0.334 e. The molecule has 8 nitrogen and oxygen atoms in total. The molecule has 0 saturated heterocycles. The summed E-state index contributed by atoms with van der Waals surface area (Å²) in [4.78, 5) is 25.2. The predicted molar refractivity (Wildman–Crippen MR) is 146 cm³/mol. The maximum atomic E-state index is 15.5. The zero-order valence-corrected chi connectivity index (χ0v) is 21.8. The molecule has 5 rings (SSSR count). The van der Waals surface area contributed by atoms with Crippen molar-refractivity contribution in [1.82, 2.24) is 9.97 Å². The van der Waals surface area contributed by atoms with Crippen LogP contribution in [-0.4, -0.2) is 35.9 Å². The summed E-state index contributed by atoms with van der Waals surface area (Å²) < 4.78 is 41.3. The van der Waals surface area contributed by atoms with Crippen LogP contribution in [0.5, 0.6) is 11.5 Å². The highest BCUT2D eigenvalue weighted by atomic mass is 19.1. The van der Waals surface area contributed by atoms with Crippen LogP contribution in [0.3, 0.4) is 0 Å². The number of anilines is 3. The zero-order chi connectivity index (χ0) is 27.8. The number of carbonyl (C=O) groups is 1. The number of nitrogens with one attached hydrogen (secondary N) is 1. The summed E-state index contributed by atoms with van der Waals surface area (Å²) in [7, 11) is 2.50. The predicted octanol–water partition coefficient (Wildman–Crippen LogP) is 6.65. The van der Waals surface area contributed by atoms with Gasteiger partial charge in [-0.25, -0.2) is 13.6 Å². The molecule has 39 heavy (non-hydrogen) atoms. The monoisotopic (exact) mass is 529 g/mol. The number of methoxy groups -OCH3 is 2. The molecule has 0 aliphatic carbocycles. The number of aromatic nitrogens is 2. The average Bonchev–Trinajstić information content (AvgIpc) is 2.93. The third kappa shape index (κ3) is 4.33. The number of benzene rings is 2. The van der Waals surface area contributed by atoms with Crippen molar-refractivity contribution in [3.05, 3.63) is 84.0 Å².